The van der Waals surface area contributed by atoms with Gasteiger partial charge in [0.1, 0.15) is 5.75 Å². The van der Waals surface area contributed by atoms with Gasteiger partial charge in [0.05, 0.1) is 19.1 Å². The molecule has 1 aliphatic rings. The maximum absolute atomic E-state index is 12.1. The number of esters is 1. The van der Waals surface area contributed by atoms with Gasteiger partial charge in [-0.25, -0.2) is 0 Å². The largest absolute Gasteiger partial charge is 0.490 e. The molecule has 1 saturated carbocycles. The Bertz CT molecular complexity index is 744. The highest BCUT2D eigenvalue weighted by molar-refractivity contribution is 8.00. The smallest absolute Gasteiger partial charge is 0.309 e. The zero-order valence-electron chi connectivity index (χ0n) is 21.5. The van der Waals surface area contributed by atoms with E-state index >= 15 is 0 Å². The summed E-state index contributed by atoms with van der Waals surface area (Å²) in [6.07, 6.45) is 6.35. The van der Waals surface area contributed by atoms with Gasteiger partial charge < -0.3 is 13.9 Å². The van der Waals surface area contributed by atoms with Crippen molar-refractivity contribution < 1.29 is 18.7 Å². The lowest BCUT2D eigenvalue weighted by Crippen LogP contribution is -2.40. The highest BCUT2D eigenvalue weighted by Gasteiger charge is 2.37. The van der Waals surface area contributed by atoms with Crippen LogP contribution in [0.25, 0.3) is 0 Å². The second-order valence-electron chi connectivity index (χ2n) is 10.7. The maximum atomic E-state index is 12.1. The van der Waals surface area contributed by atoms with Gasteiger partial charge in [-0.3, -0.25) is 4.79 Å². The van der Waals surface area contributed by atoms with Crippen molar-refractivity contribution in [2.75, 3.05) is 13.7 Å². The summed E-state index contributed by atoms with van der Waals surface area (Å²) in [5, 5.41) is 0.518. The summed E-state index contributed by atoms with van der Waals surface area (Å²) in [5.41, 5.74) is 1.19. The number of methoxy groups -OCH3 is 1. The van der Waals surface area contributed by atoms with Crippen molar-refractivity contribution in [1.29, 1.82) is 0 Å². The molecule has 0 spiro atoms. The zero-order valence-corrected chi connectivity index (χ0v) is 23.3. The van der Waals surface area contributed by atoms with Gasteiger partial charge in [-0.2, -0.15) is 0 Å². The van der Waals surface area contributed by atoms with Gasteiger partial charge in [0.2, 0.25) is 0 Å². The number of hydrogen-bond donors (Lipinski definition) is 0. The summed E-state index contributed by atoms with van der Waals surface area (Å²) >= 11 is 1.78. The first-order valence-electron chi connectivity index (χ1n) is 12.1. The van der Waals surface area contributed by atoms with Crippen LogP contribution in [0, 0.1) is 12.8 Å². The second-order valence-corrected chi connectivity index (χ2v) is 16.8. The van der Waals surface area contributed by atoms with E-state index in [9.17, 15) is 4.79 Å². The molecule has 6 heteroatoms. The number of benzene rings is 1. The molecule has 1 aromatic carbocycles. The van der Waals surface area contributed by atoms with Crippen molar-refractivity contribution in [3.05, 3.63) is 23.8 Å². The van der Waals surface area contributed by atoms with Gasteiger partial charge >= 0.3 is 5.97 Å². The van der Waals surface area contributed by atoms with Crippen LogP contribution in [-0.2, 0) is 14.0 Å². The van der Waals surface area contributed by atoms with Crippen LogP contribution in [0.2, 0.25) is 18.1 Å². The molecular weight excluding hydrogens is 436 g/mol. The third-order valence-electron chi connectivity index (χ3n) is 6.94. The van der Waals surface area contributed by atoms with E-state index in [2.05, 4.69) is 65.9 Å². The third kappa shape index (κ3) is 7.81. The first kappa shape index (κ1) is 27.3. The lowest BCUT2D eigenvalue weighted by atomic mass is 10.1. The van der Waals surface area contributed by atoms with E-state index in [0.29, 0.717) is 0 Å². The molecule has 2 unspecified atom stereocenters. The minimum atomic E-state index is -1.66. The fourth-order valence-corrected chi connectivity index (χ4v) is 6.29. The van der Waals surface area contributed by atoms with Crippen molar-refractivity contribution >= 4 is 26.0 Å². The minimum absolute atomic E-state index is 0.0162. The fraction of sp³-hybridized carbons (Fsp3) is 0.731. The number of thioether (sulfide) groups is 1. The predicted octanol–water partition coefficient (Wildman–Crippen LogP) is 7.39. The summed E-state index contributed by atoms with van der Waals surface area (Å²) in [4.78, 5) is 13.3. The molecule has 1 aromatic rings. The molecule has 3 atom stereocenters. The number of ether oxygens (including phenoxy) is 2. The molecule has 0 heterocycles. The fourth-order valence-electron chi connectivity index (χ4n) is 3.81. The molecular formula is C26H44O4SSi. The topological polar surface area (TPSA) is 44.8 Å². The maximum Gasteiger partial charge on any atom is 0.309 e. The van der Waals surface area contributed by atoms with Crippen molar-refractivity contribution in [2.24, 2.45) is 5.92 Å². The number of hydrogen-bond acceptors (Lipinski definition) is 5. The molecule has 2 rings (SSSR count). The molecule has 0 aromatic heterocycles. The highest BCUT2D eigenvalue weighted by Crippen LogP contribution is 2.43. The highest BCUT2D eigenvalue weighted by atomic mass is 32.2. The number of carbonyl (C=O) groups excluding carboxylic acids is 1. The number of aryl methyl sites for hydroxylation is 1. The van der Waals surface area contributed by atoms with Crippen LogP contribution >= 0.6 is 11.8 Å². The van der Waals surface area contributed by atoms with E-state index in [1.54, 1.807) is 11.8 Å². The quantitative estimate of drug-likeness (QED) is 0.188. The standard InChI is InChI=1S/C26H44O4SSi/c1-19-15-16-24(31-23-14-11-13-21(23)25(27)28-6)22(18-19)30-20(2)12-9-10-17-29-32(7,8)26(3,4)5/h15-16,18,20-21,23H,9-14,17H2,1-8H3/t20-,21?,23?/m1/s1. The Morgan fingerprint density at radius 3 is 2.59 bits per heavy atom. The van der Waals surface area contributed by atoms with Gasteiger partial charge in [0.25, 0.3) is 0 Å². The molecule has 182 valence electrons. The Kier molecular flexibility index (Phi) is 10.2. The lowest BCUT2D eigenvalue weighted by Gasteiger charge is -2.36. The normalized spacial score (nSPS) is 20.2. The van der Waals surface area contributed by atoms with E-state index in [4.69, 9.17) is 13.9 Å². The van der Waals surface area contributed by atoms with Crippen molar-refractivity contribution in [1.82, 2.24) is 0 Å². The molecule has 4 nitrogen and oxygen atoms in total. The summed E-state index contributed by atoms with van der Waals surface area (Å²) in [6, 6.07) is 6.39. The SMILES string of the molecule is COC(=O)C1CCCC1Sc1ccc(C)cc1O[C@H](C)CCCCO[Si](C)(C)C(C)(C)C. The predicted molar refractivity (Wildman–Crippen MR) is 137 cm³/mol. The van der Waals surface area contributed by atoms with E-state index < -0.39 is 8.32 Å². The van der Waals surface area contributed by atoms with Gasteiger partial charge in [-0.05, 0) is 81.8 Å². The number of unbranched alkanes of at least 4 members (excludes halogenated alkanes) is 1. The lowest BCUT2D eigenvalue weighted by molar-refractivity contribution is -0.144. The summed E-state index contributed by atoms with van der Waals surface area (Å²) in [6.45, 7) is 16.6. The van der Waals surface area contributed by atoms with Gasteiger partial charge in [0.15, 0.2) is 8.32 Å². The monoisotopic (exact) mass is 480 g/mol. The molecule has 0 radical (unpaired) electrons. The zero-order chi connectivity index (χ0) is 23.9. The van der Waals surface area contributed by atoms with Crippen LogP contribution in [-0.4, -0.2) is 39.4 Å². The van der Waals surface area contributed by atoms with E-state index in [-0.39, 0.29) is 28.3 Å². The van der Waals surface area contributed by atoms with Crippen molar-refractivity contribution in [2.45, 2.75) is 108 Å². The Morgan fingerprint density at radius 2 is 1.94 bits per heavy atom. The Hall–Kier alpha value is -0.983. The summed E-state index contributed by atoms with van der Waals surface area (Å²) in [7, 11) is -0.171. The molecule has 0 amide bonds. The second kappa shape index (κ2) is 11.9. The first-order valence-corrected chi connectivity index (χ1v) is 15.9. The molecule has 0 saturated heterocycles. The molecule has 0 N–H and O–H groups in total. The number of rotatable bonds is 11. The molecule has 0 aliphatic heterocycles. The molecule has 32 heavy (non-hydrogen) atoms. The van der Waals surface area contributed by atoms with Crippen LogP contribution in [0.3, 0.4) is 0 Å². The van der Waals surface area contributed by atoms with Gasteiger partial charge in [-0.1, -0.05) is 33.3 Å². The third-order valence-corrected chi connectivity index (χ3v) is 12.9. The summed E-state index contributed by atoms with van der Waals surface area (Å²) in [5.74, 6) is 0.843. The van der Waals surface area contributed by atoms with Crippen LogP contribution in [0.1, 0.15) is 71.8 Å². The van der Waals surface area contributed by atoms with Crippen LogP contribution in [0.4, 0.5) is 0 Å². The average Bonchev–Trinajstić information content (AvgIpc) is 3.16. The minimum Gasteiger partial charge on any atom is -0.490 e. The van der Waals surface area contributed by atoms with Crippen LogP contribution in [0.15, 0.2) is 23.1 Å². The van der Waals surface area contributed by atoms with Crippen molar-refractivity contribution in [3.63, 3.8) is 0 Å². The van der Waals surface area contributed by atoms with E-state index in [1.165, 1.54) is 12.7 Å². The molecule has 1 aliphatic carbocycles. The molecule has 1 fully saturated rings. The van der Waals surface area contributed by atoms with E-state index in [0.717, 1.165) is 55.8 Å². The van der Waals surface area contributed by atoms with Crippen molar-refractivity contribution in [3.8, 4) is 5.75 Å². The summed E-state index contributed by atoms with van der Waals surface area (Å²) < 4.78 is 17.7. The van der Waals surface area contributed by atoms with E-state index in [1.807, 2.05) is 0 Å². The van der Waals surface area contributed by atoms with Gasteiger partial charge in [0, 0.05) is 16.8 Å². The Labute approximate surface area is 201 Å². The first-order chi connectivity index (χ1) is 14.9. The Balaban J connectivity index is 1.88. The van der Waals surface area contributed by atoms with Crippen LogP contribution in [0.5, 0.6) is 5.75 Å². The number of carbonyl (C=O) groups is 1. The molecule has 0 bridgehead atoms. The Morgan fingerprint density at radius 1 is 1.22 bits per heavy atom. The van der Waals surface area contributed by atoms with Crippen LogP contribution < -0.4 is 4.74 Å². The average molecular weight is 481 g/mol. The van der Waals surface area contributed by atoms with Gasteiger partial charge in [-0.15, -0.1) is 11.8 Å².